The van der Waals surface area contributed by atoms with Crippen LogP contribution in [0.4, 0.5) is 0 Å². The van der Waals surface area contributed by atoms with Crippen LogP contribution in [0.15, 0.2) is 60.7 Å². The maximum Gasteiger partial charge on any atom is 0.261 e. The van der Waals surface area contributed by atoms with Crippen LogP contribution in [0.1, 0.15) is 40.0 Å². The fourth-order valence-corrected chi connectivity index (χ4v) is 8.92. The van der Waals surface area contributed by atoms with Gasteiger partial charge in [0.25, 0.3) is 8.32 Å². The van der Waals surface area contributed by atoms with Gasteiger partial charge >= 0.3 is 0 Å². The summed E-state index contributed by atoms with van der Waals surface area (Å²) in [5, 5.41) is 2.46. The van der Waals surface area contributed by atoms with Crippen LogP contribution in [-0.4, -0.2) is 33.4 Å². The quantitative estimate of drug-likeness (QED) is 0.564. The Morgan fingerprint density at radius 2 is 1.59 bits per heavy atom. The molecule has 0 unspecified atom stereocenters. The molecule has 0 N–H and O–H groups in total. The van der Waals surface area contributed by atoms with Gasteiger partial charge in [0.2, 0.25) is 0 Å². The van der Waals surface area contributed by atoms with E-state index in [2.05, 4.69) is 81.4 Å². The van der Waals surface area contributed by atoms with Crippen LogP contribution < -0.4 is 10.4 Å². The van der Waals surface area contributed by atoms with Crippen molar-refractivity contribution in [1.29, 1.82) is 0 Å². The first-order valence-electron chi connectivity index (χ1n) is 9.83. The summed E-state index contributed by atoms with van der Waals surface area (Å²) in [7, 11) is -2.60. The zero-order valence-corrected chi connectivity index (χ0v) is 17.6. The van der Waals surface area contributed by atoms with Gasteiger partial charge in [-0.3, -0.25) is 0 Å². The van der Waals surface area contributed by atoms with Crippen molar-refractivity contribution in [1.82, 2.24) is 0 Å². The predicted octanol–water partition coefficient (Wildman–Crippen LogP) is 3.70. The molecule has 1 fully saturated rings. The zero-order chi connectivity index (χ0) is 19.3. The molecule has 0 aliphatic carbocycles. The van der Waals surface area contributed by atoms with E-state index in [-0.39, 0.29) is 17.2 Å². The van der Waals surface area contributed by atoms with Crippen LogP contribution in [0.3, 0.4) is 0 Å². The molecule has 1 aliphatic rings. The highest BCUT2D eigenvalue weighted by atomic mass is 28.4. The van der Waals surface area contributed by atoms with Crippen molar-refractivity contribution in [3.05, 3.63) is 60.7 Å². The van der Waals surface area contributed by atoms with Gasteiger partial charge in [-0.15, -0.1) is 0 Å². The summed E-state index contributed by atoms with van der Waals surface area (Å²) in [6.07, 6.45) is 3.04. The van der Waals surface area contributed by atoms with Gasteiger partial charge in [-0.05, 0) is 28.3 Å². The molecule has 1 aliphatic heterocycles. The Morgan fingerprint density at radius 3 is 2.07 bits per heavy atom. The number of hydrogen-bond donors (Lipinski definition) is 0. The lowest BCUT2D eigenvalue weighted by Crippen LogP contribution is -2.68. The van der Waals surface area contributed by atoms with Crippen molar-refractivity contribution >= 4 is 25.0 Å². The number of benzene rings is 2. The molecule has 27 heavy (non-hydrogen) atoms. The fraction of sp³-hybridized carbons (Fsp3) is 0.435. The normalized spacial score (nSPS) is 21.0. The van der Waals surface area contributed by atoms with Gasteiger partial charge < -0.3 is 14.0 Å². The molecule has 3 nitrogen and oxygen atoms in total. The fourth-order valence-electron chi connectivity index (χ4n) is 4.18. The molecule has 3 rings (SSSR count). The van der Waals surface area contributed by atoms with Gasteiger partial charge in [0.05, 0.1) is 12.2 Å². The van der Waals surface area contributed by atoms with Gasteiger partial charge in [0.15, 0.2) is 0 Å². The first-order chi connectivity index (χ1) is 13.0. The Morgan fingerprint density at radius 1 is 1.04 bits per heavy atom. The topological polar surface area (TPSA) is 35.5 Å². The molecule has 1 heterocycles. The summed E-state index contributed by atoms with van der Waals surface area (Å²) in [4.78, 5) is 11.2. The molecule has 0 radical (unpaired) electrons. The summed E-state index contributed by atoms with van der Waals surface area (Å²) in [6, 6.07) is 21.3. The molecule has 0 aromatic heterocycles. The second kappa shape index (κ2) is 8.51. The van der Waals surface area contributed by atoms with E-state index < -0.39 is 8.32 Å². The minimum Gasteiger partial charge on any atom is -0.402 e. The van der Waals surface area contributed by atoms with Crippen LogP contribution in [0.2, 0.25) is 5.04 Å². The third-order valence-electron chi connectivity index (χ3n) is 5.45. The van der Waals surface area contributed by atoms with Gasteiger partial charge in [-0.2, -0.15) is 0 Å². The van der Waals surface area contributed by atoms with Crippen LogP contribution in [0.5, 0.6) is 0 Å². The first-order valence-corrected chi connectivity index (χ1v) is 11.7. The average molecular weight is 383 g/mol. The molecule has 2 atom stereocenters. The monoisotopic (exact) mass is 382 g/mol. The molecular weight excluding hydrogens is 352 g/mol. The van der Waals surface area contributed by atoms with Crippen LogP contribution in [0, 0.1) is 0 Å². The van der Waals surface area contributed by atoms with E-state index in [0.717, 1.165) is 19.1 Å². The predicted molar refractivity (Wildman–Crippen MR) is 112 cm³/mol. The SMILES string of the molecule is CC(C)(C)[Si](O[C@@H]1CCCO[C@H]1CC=O)(c1ccccc1)c1ccccc1. The molecule has 2 aromatic carbocycles. The first kappa shape index (κ1) is 20.0. The molecule has 0 spiro atoms. The van der Waals surface area contributed by atoms with Crippen molar-refractivity contribution in [2.75, 3.05) is 6.61 Å². The van der Waals surface area contributed by atoms with Crippen molar-refractivity contribution in [3.8, 4) is 0 Å². The lowest BCUT2D eigenvalue weighted by molar-refractivity contribution is -0.116. The summed E-state index contributed by atoms with van der Waals surface area (Å²) in [5.41, 5.74) is 0. The second-order valence-corrected chi connectivity index (χ2v) is 12.5. The number of aldehydes is 1. The number of ether oxygens (including phenoxy) is 1. The largest absolute Gasteiger partial charge is 0.402 e. The highest BCUT2D eigenvalue weighted by molar-refractivity contribution is 6.99. The molecule has 1 saturated heterocycles. The summed E-state index contributed by atoms with van der Waals surface area (Å²) < 4.78 is 13.1. The van der Waals surface area contributed by atoms with Gasteiger partial charge in [0, 0.05) is 13.0 Å². The third kappa shape index (κ3) is 4.08. The maximum atomic E-state index is 11.2. The molecular formula is C23H30O3Si. The van der Waals surface area contributed by atoms with E-state index in [1.165, 1.54) is 10.4 Å². The van der Waals surface area contributed by atoms with Crippen molar-refractivity contribution in [3.63, 3.8) is 0 Å². The van der Waals surface area contributed by atoms with Crippen molar-refractivity contribution < 1.29 is 14.0 Å². The van der Waals surface area contributed by atoms with Crippen LogP contribution in [-0.2, 0) is 14.0 Å². The average Bonchev–Trinajstić information content (AvgIpc) is 2.68. The standard InChI is InChI=1S/C23H30O3Si/c1-23(2,3)27(19-11-6-4-7-12-19,20-13-8-5-9-14-20)26-22-15-10-18-25-21(22)16-17-24/h4-9,11-14,17,21-22H,10,15-16,18H2,1-3H3/t21-,22+/m0/s1. The van der Waals surface area contributed by atoms with Gasteiger partial charge in [0.1, 0.15) is 6.29 Å². The van der Waals surface area contributed by atoms with Gasteiger partial charge in [-0.1, -0.05) is 81.4 Å². The molecule has 4 heteroatoms. The van der Waals surface area contributed by atoms with Crippen LogP contribution >= 0.6 is 0 Å². The van der Waals surface area contributed by atoms with Crippen LogP contribution in [0.25, 0.3) is 0 Å². The molecule has 0 bridgehead atoms. The molecule has 0 amide bonds. The number of carbonyl (C=O) groups is 1. The highest BCUT2D eigenvalue weighted by Crippen LogP contribution is 2.39. The number of hydrogen-bond acceptors (Lipinski definition) is 3. The smallest absolute Gasteiger partial charge is 0.261 e. The molecule has 144 valence electrons. The summed E-state index contributed by atoms with van der Waals surface area (Å²) in [6.45, 7) is 7.53. The zero-order valence-electron chi connectivity index (χ0n) is 16.6. The minimum atomic E-state index is -2.60. The third-order valence-corrected chi connectivity index (χ3v) is 10.5. The Kier molecular flexibility index (Phi) is 6.30. The van der Waals surface area contributed by atoms with Gasteiger partial charge in [-0.25, -0.2) is 0 Å². The van der Waals surface area contributed by atoms with E-state index in [0.29, 0.717) is 13.0 Å². The van der Waals surface area contributed by atoms with E-state index in [4.69, 9.17) is 9.16 Å². The second-order valence-electron chi connectivity index (χ2n) is 8.27. The molecule has 0 saturated carbocycles. The number of carbonyl (C=O) groups excluding carboxylic acids is 1. The summed E-state index contributed by atoms with van der Waals surface area (Å²) in [5.74, 6) is 0. The van der Waals surface area contributed by atoms with Crippen molar-refractivity contribution in [2.24, 2.45) is 0 Å². The maximum absolute atomic E-state index is 11.2. The van der Waals surface area contributed by atoms with E-state index >= 15 is 0 Å². The Balaban J connectivity index is 2.13. The lowest BCUT2D eigenvalue weighted by atomic mass is 10.0. The Labute approximate surface area is 163 Å². The minimum absolute atomic E-state index is 0.0600. The Hall–Kier alpha value is -1.75. The van der Waals surface area contributed by atoms with E-state index in [1.807, 2.05) is 0 Å². The summed E-state index contributed by atoms with van der Waals surface area (Å²) >= 11 is 0. The molecule has 2 aromatic rings. The lowest BCUT2D eigenvalue weighted by Gasteiger charge is -2.47. The van der Waals surface area contributed by atoms with Crippen molar-refractivity contribution in [2.45, 2.75) is 57.3 Å². The van der Waals surface area contributed by atoms with E-state index in [9.17, 15) is 4.79 Å². The van der Waals surface area contributed by atoms with E-state index in [1.54, 1.807) is 0 Å². The number of rotatable bonds is 6. The highest BCUT2D eigenvalue weighted by Gasteiger charge is 2.52. The Bertz CT molecular complexity index is 685.